The van der Waals surface area contributed by atoms with Crippen molar-refractivity contribution in [3.63, 3.8) is 0 Å². The Morgan fingerprint density at radius 3 is 2.03 bits per heavy atom. The van der Waals surface area contributed by atoms with E-state index in [-0.39, 0.29) is 32.1 Å². The Morgan fingerprint density at radius 2 is 1.48 bits per heavy atom. The zero-order valence-corrected chi connectivity index (χ0v) is 19.5. The fraction of sp³-hybridized carbons (Fsp3) is 0.182. The lowest BCUT2D eigenvalue weighted by Gasteiger charge is -2.40. The first-order valence-electron chi connectivity index (χ1n) is 8.99. The van der Waals surface area contributed by atoms with Crippen LogP contribution in [0.1, 0.15) is 17.0 Å². The van der Waals surface area contributed by atoms with Crippen LogP contribution in [0.3, 0.4) is 0 Å². The number of benzene rings is 2. The van der Waals surface area contributed by atoms with Gasteiger partial charge in [0.1, 0.15) is 5.38 Å². The van der Waals surface area contributed by atoms with Gasteiger partial charge in [0, 0.05) is 6.42 Å². The van der Waals surface area contributed by atoms with Crippen molar-refractivity contribution in [1.29, 1.82) is 0 Å². The van der Waals surface area contributed by atoms with Crippen LogP contribution >= 0.6 is 58.0 Å². The third kappa shape index (κ3) is 4.74. The second kappa shape index (κ2) is 9.85. The Balaban J connectivity index is 2.09. The number of hydrogen-bond donors (Lipinski definition) is 1. The fourth-order valence-corrected chi connectivity index (χ4v) is 4.87. The molecule has 3 rings (SSSR count). The minimum absolute atomic E-state index is 0.00961. The summed E-state index contributed by atoms with van der Waals surface area (Å²) in [5.41, 5.74) is -0.823. The van der Waals surface area contributed by atoms with Gasteiger partial charge in [-0.1, -0.05) is 107 Å². The average Bonchev–Trinajstić information content (AvgIpc) is 2.76. The molecule has 0 aliphatic heterocycles. The molecule has 0 heterocycles. The number of carbonyl (C=O) groups is 2. The molecule has 0 radical (unpaired) electrons. The minimum Gasteiger partial charge on any atom is -0.480 e. The monoisotopic (exact) mass is 518 g/mol. The zero-order valence-electron chi connectivity index (χ0n) is 15.7. The van der Waals surface area contributed by atoms with Crippen molar-refractivity contribution in [1.82, 2.24) is 0 Å². The number of rotatable bonds is 6. The van der Waals surface area contributed by atoms with Crippen LogP contribution in [0.25, 0.3) is 0 Å². The molecule has 0 saturated heterocycles. The summed E-state index contributed by atoms with van der Waals surface area (Å²) in [4.78, 5) is 25.1. The number of ether oxygens (including phenoxy) is 1. The lowest BCUT2D eigenvalue weighted by atomic mass is 9.86. The summed E-state index contributed by atoms with van der Waals surface area (Å²) in [7, 11) is 0. The van der Waals surface area contributed by atoms with Gasteiger partial charge < -0.3 is 9.84 Å². The number of allylic oxidation sites excluding steroid dienone is 2. The smallest absolute Gasteiger partial charge is 0.325 e. The summed E-state index contributed by atoms with van der Waals surface area (Å²) >= 11 is 31.8. The van der Waals surface area contributed by atoms with Crippen LogP contribution in [0.2, 0.25) is 0 Å². The highest BCUT2D eigenvalue weighted by atomic mass is 35.5. The number of carboxylic acids is 1. The van der Waals surface area contributed by atoms with E-state index in [9.17, 15) is 14.7 Å². The fourth-order valence-electron chi connectivity index (χ4n) is 3.28. The van der Waals surface area contributed by atoms with Crippen molar-refractivity contribution in [3.8, 4) is 0 Å². The SMILES string of the molecule is O=C(O)C(C(=O)OC1(Cc2ccccc2)C(Cl)=C(Cl)C(Cl)=C(Cl)C1Cl)c1ccccc1. The number of aliphatic carboxylic acids is 1. The molecule has 0 bridgehead atoms. The van der Waals surface area contributed by atoms with Gasteiger partial charge in [0.15, 0.2) is 11.5 Å². The number of carbonyl (C=O) groups excluding carboxylic acids is 1. The van der Waals surface area contributed by atoms with Crippen LogP contribution < -0.4 is 0 Å². The molecule has 4 nitrogen and oxygen atoms in total. The number of carboxylic acid groups (broad SMARTS) is 1. The standard InChI is InChI=1S/C22H15Cl5O4/c23-15-16(24)18(26)22(19(27)17(15)25,11-12-7-3-1-4-8-12)31-21(30)14(20(28)29)13-9-5-2-6-10-13/h1-10,14,18H,11H2,(H,28,29). The average molecular weight is 521 g/mol. The van der Waals surface area contributed by atoms with E-state index in [4.69, 9.17) is 62.7 Å². The van der Waals surface area contributed by atoms with Crippen LogP contribution in [0, 0.1) is 0 Å². The second-order valence-electron chi connectivity index (χ2n) is 6.81. The van der Waals surface area contributed by atoms with Crippen molar-refractivity contribution in [2.75, 3.05) is 0 Å². The molecule has 0 saturated carbocycles. The highest BCUT2D eigenvalue weighted by molar-refractivity contribution is 6.53. The van der Waals surface area contributed by atoms with Crippen molar-refractivity contribution < 1.29 is 19.4 Å². The van der Waals surface area contributed by atoms with Crippen molar-refractivity contribution in [2.45, 2.75) is 23.3 Å². The predicted molar refractivity (Wildman–Crippen MR) is 123 cm³/mol. The zero-order chi connectivity index (χ0) is 22.8. The normalized spacial score (nSPS) is 22.3. The summed E-state index contributed by atoms with van der Waals surface area (Å²) < 4.78 is 5.77. The molecule has 162 valence electrons. The van der Waals surface area contributed by atoms with E-state index >= 15 is 0 Å². The summed E-state index contributed by atoms with van der Waals surface area (Å²) in [5, 5.41) is 8.12. The van der Waals surface area contributed by atoms with Crippen molar-refractivity contribution >= 4 is 69.9 Å². The van der Waals surface area contributed by atoms with Crippen molar-refractivity contribution in [2.24, 2.45) is 0 Å². The summed E-state index contributed by atoms with van der Waals surface area (Å²) in [5.74, 6) is -4.06. The first kappa shape index (κ1) is 24.0. The topological polar surface area (TPSA) is 63.6 Å². The number of halogens is 5. The van der Waals surface area contributed by atoms with Gasteiger partial charge in [0.25, 0.3) is 0 Å². The molecule has 2 aromatic carbocycles. The lowest BCUT2D eigenvalue weighted by Crippen LogP contribution is -2.50. The summed E-state index contributed by atoms with van der Waals surface area (Å²) in [6, 6.07) is 16.9. The van der Waals surface area contributed by atoms with Crippen LogP contribution in [0.4, 0.5) is 0 Å². The van der Waals surface area contributed by atoms with Gasteiger partial charge >= 0.3 is 11.9 Å². The molecule has 1 aliphatic rings. The molecular formula is C22H15Cl5O4. The molecule has 0 amide bonds. The van der Waals surface area contributed by atoms with E-state index in [1.54, 1.807) is 42.5 Å². The van der Waals surface area contributed by atoms with E-state index in [0.717, 1.165) is 0 Å². The maximum atomic E-state index is 13.2. The third-order valence-electron chi connectivity index (χ3n) is 4.81. The first-order chi connectivity index (χ1) is 14.7. The molecule has 3 atom stereocenters. The van der Waals surface area contributed by atoms with E-state index < -0.39 is 28.8 Å². The van der Waals surface area contributed by atoms with E-state index in [2.05, 4.69) is 0 Å². The molecule has 9 heteroatoms. The molecule has 1 N–H and O–H groups in total. The maximum absolute atomic E-state index is 13.2. The lowest BCUT2D eigenvalue weighted by molar-refractivity contribution is -0.162. The van der Waals surface area contributed by atoms with Crippen LogP contribution in [-0.4, -0.2) is 28.0 Å². The largest absolute Gasteiger partial charge is 0.480 e. The second-order valence-corrected chi connectivity index (χ2v) is 8.78. The van der Waals surface area contributed by atoms with Gasteiger partial charge in [0.05, 0.1) is 20.1 Å². The number of hydrogen-bond acceptors (Lipinski definition) is 3. The van der Waals surface area contributed by atoms with E-state index in [0.29, 0.717) is 5.56 Å². The molecule has 0 aromatic heterocycles. The van der Waals surface area contributed by atoms with Gasteiger partial charge in [-0.05, 0) is 11.1 Å². The van der Waals surface area contributed by atoms with E-state index in [1.807, 2.05) is 6.07 Å². The van der Waals surface area contributed by atoms with Gasteiger partial charge in [0.2, 0.25) is 0 Å². The molecule has 3 unspecified atom stereocenters. The predicted octanol–water partition coefficient (Wildman–Crippen LogP) is 6.38. The van der Waals surface area contributed by atoms with Gasteiger partial charge in [-0.3, -0.25) is 9.59 Å². The molecule has 0 spiro atoms. The Bertz CT molecular complexity index is 1050. The van der Waals surface area contributed by atoms with Crippen LogP contribution in [0.15, 0.2) is 80.8 Å². The molecule has 31 heavy (non-hydrogen) atoms. The molecular weight excluding hydrogens is 506 g/mol. The van der Waals surface area contributed by atoms with Gasteiger partial charge in [-0.15, -0.1) is 11.6 Å². The summed E-state index contributed by atoms with van der Waals surface area (Å²) in [6.07, 6.45) is -0.00961. The highest BCUT2D eigenvalue weighted by Gasteiger charge is 2.52. The van der Waals surface area contributed by atoms with Crippen molar-refractivity contribution in [3.05, 3.63) is 91.9 Å². The Labute approximate surface area is 204 Å². The molecule has 2 aromatic rings. The quantitative estimate of drug-likeness (QED) is 0.273. The third-order valence-corrected chi connectivity index (χ3v) is 7.47. The highest BCUT2D eigenvalue weighted by Crippen LogP contribution is 2.50. The van der Waals surface area contributed by atoms with Gasteiger partial charge in [-0.25, -0.2) is 0 Å². The summed E-state index contributed by atoms with van der Waals surface area (Å²) in [6.45, 7) is 0. The Morgan fingerprint density at radius 1 is 0.935 bits per heavy atom. The molecule has 1 aliphatic carbocycles. The Kier molecular flexibility index (Phi) is 7.61. The van der Waals surface area contributed by atoms with Crippen LogP contribution in [-0.2, 0) is 20.7 Å². The number of alkyl halides is 1. The molecule has 0 fully saturated rings. The van der Waals surface area contributed by atoms with E-state index in [1.165, 1.54) is 12.1 Å². The maximum Gasteiger partial charge on any atom is 0.325 e. The first-order valence-corrected chi connectivity index (χ1v) is 10.9. The Hall–Kier alpha value is -1.69. The van der Waals surface area contributed by atoms with Crippen LogP contribution in [0.5, 0.6) is 0 Å². The minimum atomic E-state index is -1.77. The van der Waals surface area contributed by atoms with Gasteiger partial charge in [-0.2, -0.15) is 0 Å². The number of esters is 1.